The summed E-state index contributed by atoms with van der Waals surface area (Å²) in [4.78, 5) is 11.4. The molecule has 0 bridgehead atoms. The van der Waals surface area contributed by atoms with E-state index >= 15 is 0 Å². The Balaban J connectivity index is 1.80. The molecule has 0 saturated heterocycles. The van der Waals surface area contributed by atoms with E-state index in [1.807, 2.05) is 6.07 Å². The lowest BCUT2D eigenvalue weighted by atomic mass is 9.86. The zero-order valence-corrected chi connectivity index (χ0v) is 12.5. The minimum absolute atomic E-state index is 0.552. The molecule has 0 N–H and O–H groups in total. The molecular weight excluding hydrogens is 258 g/mol. The molecule has 0 aromatic carbocycles. The second-order valence-corrected chi connectivity index (χ2v) is 6.61. The van der Waals surface area contributed by atoms with Gasteiger partial charge in [0.15, 0.2) is 0 Å². The molecule has 3 nitrogen and oxygen atoms in total. The molecule has 1 aromatic heterocycles. The molecule has 1 heterocycles. The Hall–Kier alpha value is -0.830. The van der Waals surface area contributed by atoms with Gasteiger partial charge in [-0.15, -0.1) is 0 Å². The summed E-state index contributed by atoms with van der Waals surface area (Å²) >= 11 is 6.16. The SMILES string of the molecule is CC1CCCC(N(C)c2cc(Cl)nc(C3CC3)n2)C1. The van der Waals surface area contributed by atoms with E-state index in [2.05, 4.69) is 23.9 Å². The van der Waals surface area contributed by atoms with Gasteiger partial charge in [-0.3, -0.25) is 0 Å². The van der Waals surface area contributed by atoms with Crippen molar-refractivity contribution in [1.29, 1.82) is 0 Å². The second-order valence-electron chi connectivity index (χ2n) is 6.22. The maximum Gasteiger partial charge on any atom is 0.135 e. The first kappa shape index (κ1) is 13.2. The van der Waals surface area contributed by atoms with Gasteiger partial charge in [-0.2, -0.15) is 0 Å². The highest BCUT2D eigenvalue weighted by Crippen LogP contribution is 2.39. The van der Waals surface area contributed by atoms with E-state index in [4.69, 9.17) is 16.6 Å². The monoisotopic (exact) mass is 279 g/mol. The van der Waals surface area contributed by atoms with Crippen LogP contribution in [-0.2, 0) is 0 Å². The summed E-state index contributed by atoms with van der Waals surface area (Å²) in [7, 11) is 2.15. The molecule has 2 fully saturated rings. The van der Waals surface area contributed by atoms with E-state index in [9.17, 15) is 0 Å². The molecule has 4 heteroatoms. The van der Waals surface area contributed by atoms with Gasteiger partial charge in [-0.05, 0) is 31.6 Å². The first-order valence-corrected chi connectivity index (χ1v) is 7.78. The quantitative estimate of drug-likeness (QED) is 0.783. The van der Waals surface area contributed by atoms with Crippen LogP contribution in [0.5, 0.6) is 0 Å². The molecule has 2 unspecified atom stereocenters. The normalized spacial score (nSPS) is 27.3. The van der Waals surface area contributed by atoms with Crippen LogP contribution >= 0.6 is 11.6 Å². The van der Waals surface area contributed by atoms with Crippen molar-refractivity contribution in [3.63, 3.8) is 0 Å². The lowest BCUT2D eigenvalue weighted by molar-refractivity contribution is 0.335. The third kappa shape index (κ3) is 3.02. The second kappa shape index (κ2) is 5.28. The van der Waals surface area contributed by atoms with Crippen LogP contribution in [0.15, 0.2) is 6.07 Å². The number of aromatic nitrogens is 2. The molecule has 0 spiro atoms. The maximum atomic E-state index is 6.16. The van der Waals surface area contributed by atoms with E-state index in [-0.39, 0.29) is 0 Å². The summed E-state index contributed by atoms with van der Waals surface area (Å²) in [6.45, 7) is 2.35. The highest BCUT2D eigenvalue weighted by Gasteiger charge is 2.29. The Bertz CT molecular complexity index is 459. The molecule has 0 aliphatic heterocycles. The number of halogens is 1. The average molecular weight is 280 g/mol. The van der Waals surface area contributed by atoms with Crippen LogP contribution in [0.3, 0.4) is 0 Å². The van der Waals surface area contributed by atoms with Crippen LogP contribution in [0.4, 0.5) is 5.82 Å². The average Bonchev–Trinajstić information content (AvgIpc) is 3.21. The Labute approximate surface area is 120 Å². The highest BCUT2D eigenvalue weighted by atomic mass is 35.5. The van der Waals surface area contributed by atoms with Crippen LogP contribution in [0.1, 0.15) is 57.2 Å². The Morgan fingerprint density at radius 2 is 2.00 bits per heavy atom. The van der Waals surface area contributed by atoms with Crippen LogP contribution in [0, 0.1) is 5.92 Å². The van der Waals surface area contributed by atoms with Crippen molar-refractivity contribution in [2.24, 2.45) is 5.92 Å². The molecule has 3 rings (SSSR count). The number of hydrogen-bond acceptors (Lipinski definition) is 3. The third-order valence-electron chi connectivity index (χ3n) is 4.46. The minimum Gasteiger partial charge on any atom is -0.357 e. The molecule has 2 atom stereocenters. The maximum absolute atomic E-state index is 6.16. The summed E-state index contributed by atoms with van der Waals surface area (Å²) in [6, 6.07) is 2.51. The first-order valence-electron chi connectivity index (χ1n) is 7.41. The lowest BCUT2D eigenvalue weighted by Gasteiger charge is -2.35. The molecule has 1 aromatic rings. The fourth-order valence-corrected chi connectivity index (χ4v) is 3.25. The Morgan fingerprint density at radius 1 is 1.21 bits per heavy atom. The van der Waals surface area contributed by atoms with Crippen molar-refractivity contribution in [2.45, 2.75) is 57.4 Å². The van der Waals surface area contributed by atoms with Gasteiger partial charge in [-0.25, -0.2) is 9.97 Å². The van der Waals surface area contributed by atoms with E-state index in [0.717, 1.165) is 17.6 Å². The van der Waals surface area contributed by atoms with Crippen molar-refractivity contribution in [2.75, 3.05) is 11.9 Å². The molecule has 19 heavy (non-hydrogen) atoms. The summed E-state index contributed by atoms with van der Waals surface area (Å²) in [5.41, 5.74) is 0. The van der Waals surface area contributed by atoms with Crippen LogP contribution < -0.4 is 4.90 Å². The van der Waals surface area contributed by atoms with Gasteiger partial charge in [0, 0.05) is 25.1 Å². The van der Waals surface area contributed by atoms with Gasteiger partial charge in [-0.1, -0.05) is 31.4 Å². The Kier molecular flexibility index (Phi) is 3.66. The van der Waals surface area contributed by atoms with Crippen molar-refractivity contribution < 1.29 is 0 Å². The molecule has 104 valence electrons. The van der Waals surface area contributed by atoms with Crippen LogP contribution in [-0.4, -0.2) is 23.1 Å². The zero-order valence-electron chi connectivity index (χ0n) is 11.8. The smallest absolute Gasteiger partial charge is 0.135 e. The molecule has 0 radical (unpaired) electrons. The van der Waals surface area contributed by atoms with E-state index < -0.39 is 0 Å². The van der Waals surface area contributed by atoms with Gasteiger partial charge in [0.05, 0.1) is 0 Å². The van der Waals surface area contributed by atoms with Crippen molar-refractivity contribution in [1.82, 2.24) is 9.97 Å². The van der Waals surface area contributed by atoms with Gasteiger partial charge in [0.1, 0.15) is 16.8 Å². The predicted molar refractivity (Wildman–Crippen MR) is 78.8 cm³/mol. The molecular formula is C15H22ClN3. The third-order valence-corrected chi connectivity index (χ3v) is 4.65. The van der Waals surface area contributed by atoms with Gasteiger partial charge < -0.3 is 4.90 Å². The fourth-order valence-electron chi connectivity index (χ4n) is 3.07. The summed E-state index contributed by atoms with van der Waals surface area (Å²) < 4.78 is 0. The molecule has 0 amide bonds. The molecule has 2 aliphatic rings. The van der Waals surface area contributed by atoms with Gasteiger partial charge in [0.2, 0.25) is 0 Å². The lowest BCUT2D eigenvalue weighted by Crippen LogP contribution is -2.36. The van der Waals surface area contributed by atoms with E-state index in [1.54, 1.807) is 0 Å². The number of rotatable bonds is 3. The van der Waals surface area contributed by atoms with Crippen LogP contribution in [0.2, 0.25) is 5.15 Å². The zero-order chi connectivity index (χ0) is 13.4. The van der Waals surface area contributed by atoms with E-state index in [1.165, 1.54) is 38.5 Å². The van der Waals surface area contributed by atoms with Crippen LogP contribution in [0.25, 0.3) is 0 Å². The topological polar surface area (TPSA) is 29.0 Å². The number of nitrogens with zero attached hydrogens (tertiary/aromatic N) is 3. The summed E-state index contributed by atoms with van der Waals surface area (Å²) in [6.07, 6.45) is 7.64. The number of anilines is 1. The van der Waals surface area contributed by atoms with Crippen molar-refractivity contribution >= 4 is 17.4 Å². The first-order chi connectivity index (χ1) is 9.13. The standard InChI is InChI=1S/C15H22ClN3/c1-10-4-3-5-12(8-10)19(2)14-9-13(16)17-15(18-14)11-6-7-11/h9-12H,3-8H2,1-2H3. The van der Waals surface area contributed by atoms with Gasteiger partial charge >= 0.3 is 0 Å². The summed E-state index contributed by atoms with van der Waals surface area (Å²) in [5, 5.41) is 0.586. The Morgan fingerprint density at radius 3 is 2.68 bits per heavy atom. The fraction of sp³-hybridized carbons (Fsp3) is 0.733. The predicted octanol–water partition coefficient (Wildman–Crippen LogP) is 4.02. The largest absolute Gasteiger partial charge is 0.357 e. The molecule has 2 aliphatic carbocycles. The minimum atomic E-state index is 0.552. The van der Waals surface area contributed by atoms with Crippen molar-refractivity contribution in [3.05, 3.63) is 17.0 Å². The number of hydrogen-bond donors (Lipinski definition) is 0. The highest BCUT2D eigenvalue weighted by molar-refractivity contribution is 6.29. The van der Waals surface area contributed by atoms with Crippen molar-refractivity contribution in [3.8, 4) is 0 Å². The van der Waals surface area contributed by atoms with Gasteiger partial charge in [0.25, 0.3) is 0 Å². The summed E-state index contributed by atoms with van der Waals surface area (Å²) in [5.74, 6) is 3.32. The van der Waals surface area contributed by atoms with E-state index in [0.29, 0.717) is 17.1 Å². The molecule has 2 saturated carbocycles.